The van der Waals surface area contributed by atoms with Crippen LogP contribution in [0.25, 0.3) is 6.08 Å². The minimum Gasteiger partial charge on any atom is -0.488 e. The predicted octanol–water partition coefficient (Wildman–Crippen LogP) is 2.85. The summed E-state index contributed by atoms with van der Waals surface area (Å²) in [5.41, 5.74) is 0.546. The fraction of sp³-hybridized carbons (Fsp3) is 0.308. The van der Waals surface area contributed by atoms with Crippen LogP contribution in [0.15, 0.2) is 24.3 Å². The second-order valence-corrected chi connectivity index (χ2v) is 4.11. The Balaban J connectivity index is 2.96. The number of halogens is 1. The molecule has 5 heteroatoms. The van der Waals surface area contributed by atoms with Gasteiger partial charge < -0.3 is 14.6 Å². The van der Waals surface area contributed by atoms with E-state index >= 15 is 0 Å². The molecule has 0 aliphatic rings. The molecule has 0 spiro atoms. The van der Waals surface area contributed by atoms with E-state index in [0.29, 0.717) is 22.9 Å². The summed E-state index contributed by atoms with van der Waals surface area (Å²) in [7, 11) is 1.59. The van der Waals surface area contributed by atoms with Gasteiger partial charge in [0.05, 0.1) is 11.6 Å². The SMILES string of the molecule is COCC(C)Oc1cccc(Cl)c1/C=C/C(=O)O. The summed E-state index contributed by atoms with van der Waals surface area (Å²) >= 11 is 6.02. The Bertz CT molecular complexity index is 443. The van der Waals surface area contributed by atoms with E-state index in [9.17, 15) is 4.79 Å². The van der Waals surface area contributed by atoms with Gasteiger partial charge in [-0.15, -0.1) is 0 Å². The standard InChI is InChI=1S/C13H15ClO4/c1-9(8-17-2)18-12-5-3-4-11(14)10(12)6-7-13(15)16/h3-7,9H,8H2,1-2H3,(H,15,16)/b7-6+. The highest BCUT2D eigenvalue weighted by Crippen LogP contribution is 2.28. The third-order valence-electron chi connectivity index (χ3n) is 2.14. The molecule has 18 heavy (non-hydrogen) atoms. The third-order valence-corrected chi connectivity index (χ3v) is 2.46. The molecule has 0 heterocycles. The molecule has 0 fully saturated rings. The van der Waals surface area contributed by atoms with Gasteiger partial charge in [0.25, 0.3) is 0 Å². The van der Waals surface area contributed by atoms with Crippen molar-refractivity contribution in [3.8, 4) is 5.75 Å². The van der Waals surface area contributed by atoms with E-state index < -0.39 is 5.97 Å². The predicted molar refractivity (Wildman–Crippen MR) is 70.1 cm³/mol. The number of benzene rings is 1. The van der Waals surface area contributed by atoms with E-state index in [1.165, 1.54) is 6.08 Å². The molecule has 0 aliphatic carbocycles. The topological polar surface area (TPSA) is 55.8 Å². The highest BCUT2D eigenvalue weighted by molar-refractivity contribution is 6.32. The first-order valence-corrected chi connectivity index (χ1v) is 5.77. The molecule has 0 amide bonds. The maximum atomic E-state index is 10.5. The molecule has 0 saturated carbocycles. The summed E-state index contributed by atoms with van der Waals surface area (Å²) in [6.07, 6.45) is 2.29. The Hall–Kier alpha value is -1.52. The number of hydrogen-bond donors (Lipinski definition) is 1. The fourth-order valence-corrected chi connectivity index (χ4v) is 1.65. The number of methoxy groups -OCH3 is 1. The first-order chi connectivity index (χ1) is 8.54. The smallest absolute Gasteiger partial charge is 0.328 e. The maximum absolute atomic E-state index is 10.5. The second kappa shape index (κ2) is 7.03. The minimum atomic E-state index is -1.04. The lowest BCUT2D eigenvalue weighted by Crippen LogP contribution is -2.18. The van der Waals surface area contributed by atoms with E-state index in [1.54, 1.807) is 25.3 Å². The van der Waals surface area contributed by atoms with Crippen molar-refractivity contribution in [3.63, 3.8) is 0 Å². The van der Waals surface area contributed by atoms with Gasteiger partial charge in [0.15, 0.2) is 0 Å². The van der Waals surface area contributed by atoms with Gasteiger partial charge in [0, 0.05) is 18.7 Å². The molecule has 1 rings (SSSR count). The highest BCUT2D eigenvalue weighted by atomic mass is 35.5. The number of hydrogen-bond acceptors (Lipinski definition) is 3. The van der Waals surface area contributed by atoms with Crippen LogP contribution in [0.5, 0.6) is 5.75 Å². The molecule has 0 aromatic heterocycles. The fourth-order valence-electron chi connectivity index (χ4n) is 1.42. The Morgan fingerprint density at radius 3 is 2.89 bits per heavy atom. The quantitative estimate of drug-likeness (QED) is 0.808. The maximum Gasteiger partial charge on any atom is 0.328 e. The van der Waals surface area contributed by atoms with Crippen LogP contribution in [-0.4, -0.2) is 30.9 Å². The zero-order valence-corrected chi connectivity index (χ0v) is 11.0. The number of carboxylic acids is 1. The van der Waals surface area contributed by atoms with Crippen LogP contribution < -0.4 is 4.74 Å². The molecule has 1 atom stereocenters. The number of carbonyl (C=O) groups is 1. The summed E-state index contributed by atoms with van der Waals surface area (Å²) in [4.78, 5) is 10.5. The van der Waals surface area contributed by atoms with Crippen molar-refractivity contribution in [3.05, 3.63) is 34.9 Å². The van der Waals surface area contributed by atoms with Crippen molar-refractivity contribution in [1.82, 2.24) is 0 Å². The third kappa shape index (κ3) is 4.39. The Labute approximate surface area is 111 Å². The average Bonchev–Trinajstić information content (AvgIpc) is 2.28. The second-order valence-electron chi connectivity index (χ2n) is 3.71. The molecule has 1 unspecified atom stereocenters. The van der Waals surface area contributed by atoms with Crippen molar-refractivity contribution >= 4 is 23.6 Å². The van der Waals surface area contributed by atoms with Crippen LogP contribution in [-0.2, 0) is 9.53 Å². The number of rotatable bonds is 6. The Kier molecular flexibility index (Phi) is 5.68. The van der Waals surface area contributed by atoms with Crippen molar-refractivity contribution in [2.75, 3.05) is 13.7 Å². The Morgan fingerprint density at radius 2 is 2.28 bits per heavy atom. The highest BCUT2D eigenvalue weighted by Gasteiger charge is 2.09. The van der Waals surface area contributed by atoms with E-state index in [2.05, 4.69) is 0 Å². The van der Waals surface area contributed by atoms with E-state index in [1.807, 2.05) is 6.92 Å². The van der Waals surface area contributed by atoms with Gasteiger partial charge >= 0.3 is 5.97 Å². The lowest BCUT2D eigenvalue weighted by Gasteiger charge is -2.16. The number of aliphatic carboxylic acids is 1. The van der Waals surface area contributed by atoms with Gasteiger partial charge in [-0.2, -0.15) is 0 Å². The summed E-state index contributed by atoms with van der Waals surface area (Å²) in [5.74, 6) is -0.504. The molecular weight excluding hydrogens is 256 g/mol. The van der Waals surface area contributed by atoms with Crippen LogP contribution in [0, 0.1) is 0 Å². The van der Waals surface area contributed by atoms with Gasteiger partial charge in [0.1, 0.15) is 11.9 Å². The monoisotopic (exact) mass is 270 g/mol. The lowest BCUT2D eigenvalue weighted by atomic mass is 10.2. The summed E-state index contributed by atoms with van der Waals surface area (Å²) in [5, 5.41) is 9.07. The normalized spacial score (nSPS) is 12.6. The average molecular weight is 271 g/mol. The van der Waals surface area contributed by atoms with Crippen molar-refractivity contribution in [2.45, 2.75) is 13.0 Å². The molecule has 0 saturated heterocycles. The van der Waals surface area contributed by atoms with Gasteiger partial charge in [-0.25, -0.2) is 4.79 Å². The molecule has 1 aromatic carbocycles. The van der Waals surface area contributed by atoms with Crippen LogP contribution in [0.3, 0.4) is 0 Å². The van der Waals surface area contributed by atoms with Crippen molar-refractivity contribution in [2.24, 2.45) is 0 Å². The molecule has 0 bridgehead atoms. The van der Waals surface area contributed by atoms with Crippen LogP contribution in [0.1, 0.15) is 12.5 Å². The van der Waals surface area contributed by atoms with E-state index in [4.69, 9.17) is 26.2 Å². The van der Waals surface area contributed by atoms with Gasteiger partial charge in [-0.3, -0.25) is 0 Å². The summed E-state index contributed by atoms with van der Waals surface area (Å²) < 4.78 is 10.6. The molecule has 4 nitrogen and oxygen atoms in total. The number of ether oxygens (including phenoxy) is 2. The Morgan fingerprint density at radius 1 is 1.56 bits per heavy atom. The largest absolute Gasteiger partial charge is 0.488 e. The zero-order chi connectivity index (χ0) is 13.5. The summed E-state index contributed by atoms with van der Waals surface area (Å²) in [6, 6.07) is 5.16. The van der Waals surface area contributed by atoms with Crippen LogP contribution in [0.4, 0.5) is 0 Å². The lowest BCUT2D eigenvalue weighted by molar-refractivity contribution is -0.131. The molecular formula is C13H15ClO4. The van der Waals surface area contributed by atoms with E-state index in [0.717, 1.165) is 6.08 Å². The first-order valence-electron chi connectivity index (χ1n) is 5.39. The molecule has 1 aromatic rings. The first kappa shape index (κ1) is 14.5. The minimum absolute atomic E-state index is 0.148. The van der Waals surface area contributed by atoms with Gasteiger partial charge in [-0.1, -0.05) is 17.7 Å². The molecule has 0 radical (unpaired) electrons. The van der Waals surface area contributed by atoms with Crippen LogP contribution in [0.2, 0.25) is 5.02 Å². The van der Waals surface area contributed by atoms with Crippen molar-refractivity contribution < 1.29 is 19.4 Å². The molecule has 0 aliphatic heterocycles. The molecule has 1 N–H and O–H groups in total. The molecule has 98 valence electrons. The van der Waals surface area contributed by atoms with Gasteiger partial charge in [0.2, 0.25) is 0 Å². The van der Waals surface area contributed by atoms with E-state index in [-0.39, 0.29) is 6.10 Å². The zero-order valence-electron chi connectivity index (χ0n) is 10.2. The number of carboxylic acid groups (broad SMARTS) is 1. The summed E-state index contributed by atoms with van der Waals surface area (Å²) in [6.45, 7) is 2.30. The van der Waals surface area contributed by atoms with Crippen molar-refractivity contribution in [1.29, 1.82) is 0 Å². The van der Waals surface area contributed by atoms with Crippen LogP contribution >= 0.6 is 11.6 Å². The van der Waals surface area contributed by atoms with Gasteiger partial charge in [-0.05, 0) is 25.1 Å².